The zero-order valence-electron chi connectivity index (χ0n) is 12.2. The van der Waals surface area contributed by atoms with Gasteiger partial charge in [-0.15, -0.1) is 11.3 Å². The summed E-state index contributed by atoms with van der Waals surface area (Å²) in [6.45, 7) is 9.04. The molecule has 0 unspecified atom stereocenters. The van der Waals surface area contributed by atoms with E-state index in [4.69, 9.17) is 0 Å². The Morgan fingerprint density at radius 2 is 2.20 bits per heavy atom. The Morgan fingerprint density at radius 1 is 1.45 bits per heavy atom. The van der Waals surface area contributed by atoms with Gasteiger partial charge < -0.3 is 5.32 Å². The van der Waals surface area contributed by atoms with Gasteiger partial charge in [0.15, 0.2) is 0 Å². The summed E-state index contributed by atoms with van der Waals surface area (Å²) in [7, 11) is -3.33. The molecule has 2 rings (SSSR count). The molecule has 0 amide bonds. The summed E-state index contributed by atoms with van der Waals surface area (Å²) in [5.74, 6) is 0.863. The summed E-state index contributed by atoms with van der Waals surface area (Å²) in [4.78, 5) is 0. The first-order valence-electron chi connectivity index (χ1n) is 6.77. The van der Waals surface area contributed by atoms with Crippen molar-refractivity contribution in [1.82, 2.24) is 9.62 Å². The largest absolute Gasteiger partial charge is 0.313 e. The normalized spacial score (nSPS) is 20.1. The molecule has 0 radical (unpaired) electrons. The maximum atomic E-state index is 12.7. The SMILES string of the molecule is CCNCc1csc(S(=O)(=O)N2CCSC(C)(C)C2)c1. The molecule has 0 aromatic carbocycles. The van der Waals surface area contributed by atoms with Crippen molar-refractivity contribution in [3.8, 4) is 0 Å². The Hall–Kier alpha value is -0.0800. The minimum absolute atomic E-state index is 0.00479. The molecule has 0 bridgehead atoms. The van der Waals surface area contributed by atoms with Gasteiger partial charge in [0.25, 0.3) is 10.0 Å². The second kappa shape index (κ2) is 6.36. The van der Waals surface area contributed by atoms with Crippen LogP contribution in [0, 0.1) is 0 Å². The highest BCUT2D eigenvalue weighted by molar-refractivity contribution is 8.00. The van der Waals surface area contributed by atoms with Crippen LogP contribution in [0.2, 0.25) is 0 Å². The molecule has 0 saturated carbocycles. The van der Waals surface area contributed by atoms with E-state index < -0.39 is 10.0 Å². The van der Waals surface area contributed by atoms with E-state index in [9.17, 15) is 8.42 Å². The number of thioether (sulfide) groups is 1. The molecule has 1 aromatic rings. The second-order valence-electron chi connectivity index (χ2n) is 5.50. The lowest BCUT2D eigenvalue weighted by Crippen LogP contribution is -2.45. The minimum atomic E-state index is -3.33. The molecule has 114 valence electrons. The van der Waals surface area contributed by atoms with Crippen molar-refractivity contribution in [2.24, 2.45) is 0 Å². The molecule has 20 heavy (non-hydrogen) atoms. The maximum Gasteiger partial charge on any atom is 0.252 e. The lowest BCUT2D eigenvalue weighted by atomic mass is 10.2. The summed E-state index contributed by atoms with van der Waals surface area (Å²) < 4.78 is 27.4. The number of hydrogen-bond donors (Lipinski definition) is 1. The van der Waals surface area contributed by atoms with Crippen LogP contribution >= 0.6 is 23.1 Å². The molecule has 1 N–H and O–H groups in total. The van der Waals surface area contributed by atoms with Crippen LogP contribution in [-0.4, -0.2) is 42.9 Å². The first kappa shape index (κ1) is 16.3. The molecule has 2 heterocycles. The number of nitrogens with one attached hydrogen (secondary N) is 1. The first-order valence-corrected chi connectivity index (χ1v) is 10.1. The van der Waals surface area contributed by atoms with E-state index >= 15 is 0 Å². The van der Waals surface area contributed by atoms with Crippen LogP contribution in [0.4, 0.5) is 0 Å². The van der Waals surface area contributed by atoms with Crippen LogP contribution in [0.1, 0.15) is 26.3 Å². The Morgan fingerprint density at radius 3 is 2.85 bits per heavy atom. The Bertz CT molecular complexity index is 552. The molecule has 1 saturated heterocycles. The van der Waals surface area contributed by atoms with E-state index in [2.05, 4.69) is 19.2 Å². The van der Waals surface area contributed by atoms with Crippen molar-refractivity contribution in [1.29, 1.82) is 0 Å². The fraction of sp³-hybridized carbons (Fsp3) is 0.692. The summed E-state index contributed by atoms with van der Waals surface area (Å²) in [6.07, 6.45) is 0. The quantitative estimate of drug-likeness (QED) is 0.898. The molecule has 4 nitrogen and oxygen atoms in total. The number of thiophene rings is 1. The van der Waals surface area contributed by atoms with Gasteiger partial charge in [0, 0.05) is 30.1 Å². The molecule has 7 heteroatoms. The second-order valence-corrected chi connectivity index (χ2v) is 10.4. The zero-order chi connectivity index (χ0) is 14.8. The maximum absolute atomic E-state index is 12.7. The molecule has 0 atom stereocenters. The molecule has 0 spiro atoms. The van der Waals surface area contributed by atoms with Gasteiger partial charge in [0.05, 0.1) is 0 Å². The van der Waals surface area contributed by atoms with Crippen molar-refractivity contribution >= 4 is 33.1 Å². The van der Waals surface area contributed by atoms with E-state index in [0.29, 0.717) is 17.3 Å². The topological polar surface area (TPSA) is 49.4 Å². The van der Waals surface area contributed by atoms with Crippen molar-refractivity contribution in [2.75, 3.05) is 25.4 Å². The number of rotatable bonds is 5. The van der Waals surface area contributed by atoms with Crippen molar-refractivity contribution in [3.63, 3.8) is 0 Å². The van der Waals surface area contributed by atoms with E-state index in [1.54, 1.807) is 10.4 Å². The zero-order valence-corrected chi connectivity index (χ0v) is 14.6. The van der Waals surface area contributed by atoms with Crippen molar-refractivity contribution in [2.45, 2.75) is 36.3 Å². The predicted molar refractivity (Wildman–Crippen MR) is 87.0 cm³/mol. The summed E-state index contributed by atoms with van der Waals surface area (Å²) in [6, 6.07) is 1.80. The van der Waals surface area contributed by atoms with Gasteiger partial charge in [-0.25, -0.2) is 8.42 Å². The van der Waals surface area contributed by atoms with Gasteiger partial charge in [-0.3, -0.25) is 0 Å². The first-order chi connectivity index (χ1) is 9.35. The van der Waals surface area contributed by atoms with Crippen molar-refractivity contribution < 1.29 is 8.42 Å². The molecule has 1 aliphatic heterocycles. The molecule has 1 aromatic heterocycles. The molecule has 1 fully saturated rings. The van der Waals surface area contributed by atoms with E-state index in [1.807, 2.05) is 24.1 Å². The third kappa shape index (κ3) is 3.76. The van der Waals surface area contributed by atoms with Crippen LogP contribution in [-0.2, 0) is 16.6 Å². The summed E-state index contributed by atoms with van der Waals surface area (Å²) in [5, 5.41) is 5.15. The highest BCUT2D eigenvalue weighted by Crippen LogP contribution is 2.33. The monoisotopic (exact) mass is 334 g/mol. The van der Waals surface area contributed by atoms with Gasteiger partial charge in [0.2, 0.25) is 0 Å². The van der Waals surface area contributed by atoms with Gasteiger partial charge in [-0.2, -0.15) is 16.1 Å². The van der Waals surface area contributed by atoms with Gasteiger partial charge in [-0.1, -0.05) is 6.92 Å². The van der Waals surface area contributed by atoms with E-state index in [1.165, 1.54) is 11.3 Å². The van der Waals surface area contributed by atoms with Gasteiger partial charge >= 0.3 is 0 Å². The lowest BCUT2D eigenvalue weighted by Gasteiger charge is -2.36. The van der Waals surface area contributed by atoms with Crippen LogP contribution in [0.25, 0.3) is 0 Å². The highest BCUT2D eigenvalue weighted by atomic mass is 32.2. The van der Waals surface area contributed by atoms with Crippen LogP contribution < -0.4 is 5.32 Å². The fourth-order valence-electron chi connectivity index (χ4n) is 2.16. The van der Waals surface area contributed by atoms with Crippen LogP contribution in [0.3, 0.4) is 0 Å². The average Bonchev–Trinajstić information content (AvgIpc) is 2.84. The highest BCUT2D eigenvalue weighted by Gasteiger charge is 2.35. The number of nitrogens with zero attached hydrogens (tertiary/aromatic N) is 1. The average molecular weight is 335 g/mol. The summed E-state index contributed by atoms with van der Waals surface area (Å²) in [5.41, 5.74) is 1.04. The predicted octanol–water partition coefficient (Wildman–Crippen LogP) is 2.37. The van der Waals surface area contributed by atoms with Crippen LogP contribution in [0.15, 0.2) is 15.7 Å². The minimum Gasteiger partial charge on any atom is -0.313 e. The Kier molecular flexibility index (Phi) is 5.18. The molecular weight excluding hydrogens is 312 g/mol. The fourth-order valence-corrected chi connectivity index (χ4v) is 6.43. The Balaban J connectivity index is 2.15. The lowest BCUT2D eigenvalue weighted by molar-refractivity contribution is 0.388. The number of sulfonamides is 1. The van der Waals surface area contributed by atoms with E-state index in [-0.39, 0.29) is 4.75 Å². The number of hydrogen-bond acceptors (Lipinski definition) is 5. The van der Waals surface area contributed by atoms with Gasteiger partial charge in [0.1, 0.15) is 4.21 Å². The summed E-state index contributed by atoms with van der Waals surface area (Å²) >= 11 is 3.16. The molecule has 1 aliphatic rings. The standard InChI is InChI=1S/C13H22N2O2S3/c1-4-14-8-11-7-12(18-9-11)20(16,17)15-5-6-19-13(2,3)10-15/h7,9,14H,4-6,8,10H2,1-3H3. The third-order valence-corrected chi connectivity index (χ3v) is 7.80. The van der Waals surface area contributed by atoms with Crippen molar-refractivity contribution in [3.05, 3.63) is 17.0 Å². The van der Waals surface area contributed by atoms with Crippen LogP contribution in [0.5, 0.6) is 0 Å². The molecular formula is C13H22N2O2S3. The van der Waals surface area contributed by atoms with Gasteiger partial charge in [-0.05, 0) is 37.4 Å². The third-order valence-electron chi connectivity index (χ3n) is 3.19. The van der Waals surface area contributed by atoms with E-state index in [0.717, 1.165) is 24.4 Å². The molecule has 0 aliphatic carbocycles. The Labute approximate surface area is 130 Å². The smallest absolute Gasteiger partial charge is 0.252 e.